The Hall–Kier alpha value is -0.770. The molecule has 1 rings (SSSR count). The van der Waals surface area contributed by atoms with E-state index in [4.69, 9.17) is 28.9 Å². The first-order chi connectivity index (χ1) is 7.95. The second kappa shape index (κ2) is 6.24. The van der Waals surface area contributed by atoms with Crippen LogP contribution in [0.1, 0.15) is 31.9 Å². The number of rotatable bonds is 5. The molecule has 1 aromatic carbocycles. The molecular formula is C12H16Cl2N2O. The zero-order chi connectivity index (χ0) is 13.0. The van der Waals surface area contributed by atoms with E-state index in [1.165, 1.54) is 0 Å². The second-order valence-electron chi connectivity index (χ2n) is 3.93. The third kappa shape index (κ3) is 3.87. The van der Waals surface area contributed by atoms with Crippen LogP contribution in [0.25, 0.3) is 0 Å². The van der Waals surface area contributed by atoms with Crippen molar-refractivity contribution in [2.75, 3.05) is 0 Å². The number of benzene rings is 1. The fourth-order valence-electron chi connectivity index (χ4n) is 1.58. The van der Waals surface area contributed by atoms with E-state index in [0.29, 0.717) is 16.5 Å². The van der Waals surface area contributed by atoms with E-state index in [1.807, 2.05) is 19.9 Å². The highest BCUT2D eigenvalue weighted by atomic mass is 35.5. The van der Waals surface area contributed by atoms with Gasteiger partial charge >= 0.3 is 0 Å². The molecule has 0 heterocycles. The maximum Gasteiger partial charge on any atom is 0.234 e. The molecule has 0 unspecified atom stereocenters. The van der Waals surface area contributed by atoms with Gasteiger partial charge in [-0.15, -0.1) is 0 Å². The van der Waals surface area contributed by atoms with Crippen LogP contribution in [0, 0.1) is 0 Å². The standard InChI is InChI=1S/C12H16Cl2N2O/c1-3-11(12(15)17)16-7(2)8-4-5-9(13)10(14)6-8/h4-7,11,16H,3H2,1-2H3,(H2,15,17)/t7-,11+/m0/s1. The van der Waals surface area contributed by atoms with Crippen molar-refractivity contribution in [3.05, 3.63) is 33.8 Å². The average molecular weight is 275 g/mol. The molecule has 0 aliphatic carbocycles. The van der Waals surface area contributed by atoms with Gasteiger partial charge in [0.1, 0.15) is 0 Å². The zero-order valence-corrected chi connectivity index (χ0v) is 11.3. The van der Waals surface area contributed by atoms with E-state index < -0.39 is 0 Å². The van der Waals surface area contributed by atoms with Gasteiger partial charge < -0.3 is 5.73 Å². The molecule has 3 nitrogen and oxygen atoms in total. The summed E-state index contributed by atoms with van der Waals surface area (Å²) in [5.41, 5.74) is 6.25. The van der Waals surface area contributed by atoms with Crippen molar-refractivity contribution in [3.8, 4) is 0 Å². The highest BCUT2D eigenvalue weighted by Gasteiger charge is 2.16. The number of nitrogens with two attached hydrogens (primary N) is 1. The van der Waals surface area contributed by atoms with Crippen LogP contribution in [-0.4, -0.2) is 11.9 Å². The minimum atomic E-state index is -0.348. The quantitative estimate of drug-likeness (QED) is 0.868. The Kier molecular flexibility index (Phi) is 5.25. The van der Waals surface area contributed by atoms with Gasteiger partial charge in [0.2, 0.25) is 5.91 Å². The van der Waals surface area contributed by atoms with Crippen LogP contribution in [-0.2, 0) is 4.79 Å². The number of hydrogen-bond acceptors (Lipinski definition) is 2. The molecule has 0 radical (unpaired) electrons. The normalized spacial score (nSPS) is 14.4. The topological polar surface area (TPSA) is 55.1 Å². The molecule has 0 fully saturated rings. The monoisotopic (exact) mass is 274 g/mol. The highest BCUT2D eigenvalue weighted by Crippen LogP contribution is 2.25. The predicted octanol–water partition coefficient (Wildman–Crippen LogP) is 2.91. The number of nitrogens with one attached hydrogen (secondary N) is 1. The summed E-state index contributed by atoms with van der Waals surface area (Å²) in [6, 6.07) is 5.05. The second-order valence-corrected chi connectivity index (χ2v) is 4.74. The maximum atomic E-state index is 11.1. The lowest BCUT2D eigenvalue weighted by Gasteiger charge is -2.20. The van der Waals surface area contributed by atoms with Gasteiger partial charge in [0.15, 0.2) is 0 Å². The highest BCUT2D eigenvalue weighted by molar-refractivity contribution is 6.42. The third-order valence-electron chi connectivity index (χ3n) is 2.65. The Bertz CT molecular complexity index is 409. The van der Waals surface area contributed by atoms with Crippen molar-refractivity contribution in [2.45, 2.75) is 32.4 Å². The molecule has 0 aliphatic rings. The molecule has 0 aliphatic heterocycles. The maximum absolute atomic E-state index is 11.1. The van der Waals surface area contributed by atoms with Gasteiger partial charge in [0.25, 0.3) is 0 Å². The Balaban J connectivity index is 2.78. The summed E-state index contributed by atoms with van der Waals surface area (Å²) < 4.78 is 0. The van der Waals surface area contributed by atoms with Gasteiger partial charge in [0.05, 0.1) is 16.1 Å². The first kappa shape index (κ1) is 14.3. The molecule has 1 aromatic rings. The minimum absolute atomic E-state index is 0.0118. The molecule has 2 atom stereocenters. The molecule has 17 heavy (non-hydrogen) atoms. The molecule has 1 amide bonds. The summed E-state index contributed by atoms with van der Waals surface area (Å²) in [4.78, 5) is 11.1. The number of carbonyl (C=O) groups excluding carboxylic acids is 1. The van der Waals surface area contributed by atoms with E-state index in [1.54, 1.807) is 12.1 Å². The summed E-state index contributed by atoms with van der Waals surface area (Å²) in [6.45, 7) is 3.86. The summed E-state index contributed by atoms with van der Waals surface area (Å²) in [5.74, 6) is -0.348. The van der Waals surface area contributed by atoms with Gasteiger partial charge in [-0.3, -0.25) is 10.1 Å². The molecule has 0 spiro atoms. The first-order valence-electron chi connectivity index (χ1n) is 5.46. The van der Waals surface area contributed by atoms with Crippen molar-refractivity contribution >= 4 is 29.1 Å². The number of carbonyl (C=O) groups is 1. The summed E-state index contributed by atoms with van der Waals surface area (Å²) in [7, 11) is 0. The lowest BCUT2D eigenvalue weighted by molar-refractivity contribution is -0.120. The molecule has 0 bridgehead atoms. The van der Waals surface area contributed by atoms with Crippen LogP contribution in [0.4, 0.5) is 0 Å². The summed E-state index contributed by atoms with van der Waals surface area (Å²) in [6.07, 6.45) is 0.654. The van der Waals surface area contributed by atoms with Gasteiger partial charge in [-0.2, -0.15) is 0 Å². The van der Waals surface area contributed by atoms with Crippen molar-refractivity contribution in [1.82, 2.24) is 5.32 Å². The minimum Gasteiger partial charge on any atom is -0.368 e. The van der Waals surface area contributed by atoms with Crippen LogP contribution in [0.5, 0.6) is 0 Å². The largest absolute Gasteiger partial charge is 0.368 e. The van der Waals surface area contributed by atoms with Crippen LogP contribution in [0.3, 0.4) is 0 Å². The van der Waals surface area contributed by atoms with Gasteiger partial charge in [-0.1, -0.05) is 36.2 Å². The van der Waals surface area contributed by atoms with Crippen LogP contribution < -0.4 is 11.1 Å². The van der Waals surface area contributed by atoms with Crippen LogP contribution >= 0.6 is 23.2 Å². The number of primary amides is 1. The molecule has 0 saturated carbocycles. The van der Waals surface area contributed by atoms with Crippen LogP contribution in [0.15, 0.2) is 18.2 Å². The predicted molar refractivity (Wildman–Crippen MR) is 71.3 cm³/mol. The fraction of sp³-hybridized carbons (Fsp3) is 0.417. The third-order valence-corrected chi connectivity index (χ3v) is 3.39. The van der Waals surface area contributed by atoms with Crippen molar-refractivity contribution in [3.63, 3.8) is 0 Å². The van der Waals surface area contributed by atoms with Gasteiger partial charge in [-0.05, 0) is 31.0 Å². The van der Waals surface area contributed by atoms with Crippen molar-refractivity contribution < 1.29 is 4.79 Å². The zero-order valence-electron chi connectivity index (χ0n) is 9.84. The molecule has 94 valence electrons. The molecule has 0 saturated heterocycles. The van der Waals surface area contributed by atoms with Gasteiger partial charge in [-0.25, -0.2) is 0 Å². The molecule has 3 N–H and O–H groups in total. The lowest BCUT2D eigenvalue weighted by atomic mass is 10.1. The van der Waals surface area contributed by atoms with Crippen LogP contribution in [0.2, 0.25) is 10.0 Å². The molecule has 0 aromatic heterocycles. The number of halogens is 2. The Labute approximate surface area is 111 Å². The Morgan fingerprint density at radius 3 is 2.53 bits per heavy atom. The Morgan fingerprint density at radius 2 is 2.06 bits per heavy atom. The van der Waals surface area contributed by atoms with E-state index in [-0.39, 0.29) is 18.0 Å². The molecule has 5 heteroatoms. The Morgan fingerprint density at radius 1 is 1.41 bits per heavy atom. The van der Waals surface area contributed by atoms with E-state index in [0.717, 1.165) is 5.56 Å². The fourth-order valence-corrected chi connectivity index (χ4v) is 1.89. The number of hydrogen-bond donors (Lipinski definition) is 2. The van der Waals surface area contributed by atoms with E-state index in [9.17, 15) is 4.79 Å². The SMILES string of the molecule is CC[C@@H](N[C@@H](C)c1ccc(Cl)c(Cl)c1)C(N)=O. The summed E-state index contributed by atoms with van der Waals surface area (Å²) in [5, 5.41) is 4.18. The number of amides is 1. The lowest BCUT2D eigenvalue weighted by Crippen LogP contribution is -2.41. The van der Waals surface area contributed by atoms with Gasteiger partial charge in [0, 0.05) is 6.04 Å². The summed E-state index contributed by atoms with van der Waals surface area (Å²) >= 11 is 11.8. The van der Waals surface area contributed by atoms with E-state index >= 15 is 0 Å². The van der Waals surface area contributed by atoms with Crippen molar-refractivity contribution in [1.29, 1.82) is 0 Å². The smallest absolute Gasteiger partial charge is 0.234 e. The van der Waals surface area contributed by atoms with E-state index in [2.05, 4.69) is 5.32 Å². The average Bonchev–Trinajstić information content (AvgIpc) is 2.28. The van der Waals surface area contributed by atoms with Crippen molar-refractivity contribution in [2.24, 2.45) is 5.73 Å². The first-order valence-corrected chi connectivity index (χ1v) is 6.21. The molecular weight excluding hydrogens is 259 g/mol.